The lowest BCUT2D eigenvalue weighted by atomic mass is 10.1. The first-order valence-corrected chi connectivity index (χ1v) is 10.5. The molecule has 0 spiro atoms. The summed E-state index contributed by atoms with van der Waals surface area (Å²) in [6.45, 7) is 11.4. The van der Waals surface area contributed by atoms with Crippen LogP contribution in [0.15, 0.2) is 24.4 Å². The van der Waals surface area contributed by atoms with Gasteiger partial charge in [-0.3, -0.25) is 19.8 Å². The first-order valence-electron chi connectivity index (χ1n) is 10.5. The number of hydrogen-bond donors (Lipinski definition) is 2. The van der Waals surface area contributed by atoms with E-state index in [1.807, 2.05) is 16.7 Å². The van der Waals surface area contributed by atoms with Crippen LogP contribution in [-0.2, 0) is 6.54 Å². The number of fused-ring (bicyclic) bond motifs is 1. The Kier molecular flexibility index (Phi) is 5.46. The first-order chi connectivity index (χ1) is 14.4. The van der Waals surface area contributed by atoms with Crippen molar-refractivity contribution in [3.8, 4) is 0 Å². The van der Waals surface area contributed by atoms with E-state index in [0.29, 0.717) is 30.6 Å². The van der Waals surface area contributed by atoms with Crippen LogP contribution in [0.3, 0.4) is 0 Å². The minimum atomic E-state index is -0.319. The Morgan fingerprint density at radius 3 is 2.67 bits per heavy atom. The van der Waals surface area contributed by atoms with Crippen molar-refractivity contribution in [2.24, 2.45) is 0 Å². The van der Waals surface area contributed by atoms with Crippen LogP contribution in [0.1, 0.15) is 55.5 Å². The average molecular weight is 412 g/mol. The molecule has 3 amide bonds. The summed E-state index contributed by atoms with van der Waals surface area (Å²) in [5.41, 5.74) is 2.05. The summed E-state index contributed by atoms with van der Waals surface area (Å²) in [5, 5.41) is 10.1. The van der Waals surface area contributed by atoms with Gasteiger partial charge >= 0.3 is 6.03 Å². The number of amides is 3. The predicted molar refractivity (Wildman–Crippen MR) is 113 cm³/mol. The minimum Gasteiger partial charge on any atom is -0.319 e. The highest BCUT2D eigenvalue weighted by atomic mass is 16.2. The highest BCUT2D eigenvalue weighted by Crippen LogP contribution is 2.37. The Morgan fingerprint density at radius 1 is 1.17 bits per heavy atom. The van der Waals surface area contributed by atoms with Gasteiger partial charge in [-0.1, -0.05) is 13.0 Å². The summed E-state index contributed by atoms with van der Waals surface area (Å²) < 4.78 is 0. The van der Waals surface area contributed by atoms with Crippen LogP contribution in [0.5, 0.6) is 0 Å². The zero-order chi connectivity index (χ0) is 21.4. The van der Waals surface area contributed by atoms with Crippen molar-refractivity contribution in [1.29, 1.82) is 0 Å². The summed E-state index contributed by atoms with van der Waals surface area (Å²) in [6.07, 6.45) is 1.58. The highest BCUT2D eigenvalue weighted by molar-refractivity contribution is 6.02. The third-order valence-corrected chi connectivity index (χ3v) is 6.25. The monoisotopic (exact) mass is 411 g/mol. The maximum atomic E-state index is 13.4. The molecule has 4 heterocycles. The van der Waals surface area contributed by atoms with E-state index >= 15 is 0 Å². The molecule has 9 heteroatoms. The molecule has 0 bridgehead atoms. The fourth-order valence-corrected chi connectivity index (χ4v) is 4.42. The maximum Gasteiger partial charge on any atom is 0.321 e. The van der Waals surface area contributed by atoms with Gasteiger partial charge in [0.05, 0.1) is 18.3 Å². The number of hydrogen-bond acceptors (Lipinski definition) is 5. The lowest BCUT2D eigenvalue weighted by Crippen LogP contribution is -2.60. The molecule has 0 aliphatic carbocycles. The number of pyridine rings is 1. The number of aromatic amines is 1. The molecule has 0 aromatic carbocycles. The van der Waals surface area contributed by atoms with Crippen LogP contribution < -0.4 is 5.32 Å². The SMILES string of the molecule is CCN1C[C@H](C)N(C(=O)N2Cc3c(NC(=O)c4ccccn4)n[nH]c3C2C)CC1C. The topological polar surface area (TPSA) is 97.5 Å². The van der Waals surface area contributed by atoms with Gasteiger partial charge in [0.1, 0.15) is 5.69 Å². The molecule has 2 aliphatic heterocycles. The number of anilines is 1. The van der Waals surface area contributed by atoms with Gasteiger partial charge in [0.2, 0.25) is 0 Å². The number of nitrogens with zero attached hydrogens (tertiary/aromatic N) is 5. The molecule has 0 saturated carbocycles. The van der Waals surface area contributed by atoms with Crippen molar-refractivity contribution >= 4 is 17.8 Å². The normalized spacial score (nSPS) is 24.1. The Bertz CT molecular complexity index is 929. The molecule has 0 radical (unpaired) electrons. The van der Waals surface area contributed by atoms with Crippen LogP contribution in [0.2, 0.25) is 0 Å². The van der Waals surface area contributed by atoms with Crippen LogP contribution in [0.25, 0.3) is 0 Å². The molecule has 2 aliphatic rings. The number of urea groups is 1. The quantitative estimate of drug-likeness (QED) is 0.809. The number of piperazine rings is 1. The minimum absolute atomic E-state index is 0.0317. The van der Waals surface area contributed by atoms with Crippen molar-refractivity contribution in [2.75, 3.05) is 25.0 Å². The molecule has 4 rings (SSSR count). The molecule has 9 nitrogen and oxygen atoms in total. The van der Waals surface area contributed by atoms with E-state index in [4.69, 9.17) is 0 Å². The Labute approximate surface area is 176 Å². The van der Waals surface area contributed by atoms with Gasteiger partial charge in [-0.25, -0.2) is 4.79 Å². The maximum absolute atomic E-state index is 13.4. The Hall–Kier alpha value is -2.94. The molecular weight excluding hydrogens is 382 g/mol. The Balaban J connectivity index is 1.48. The summed E-state index contributed by atoms with van der Waals surface area (Å²) in [7, 11) is 0. The van der Waals surface area contributed by atoms with Gasteiger partial charge in [0.15, 0.2) is 5.82 Å². The molecule has 1 saturated heterocycles. The van der Waals surface area contributed by atoms with Crippen LogP contribution in [-0.4, -0.2) is 73.5 Å². The fourth-order valence-electron chi connectivity index (χ4n) is 4.42. The third kappa shape index (κ3) is 3.54. The molecule has 160 valence electrons. The molecule has 2 N–H and O–H groups in total. The van der Waals surface area contributed by atoms with E-state index in [0.717, 1.165) is 24.3 Å². The van der Waals surface area contributed by atoms with Gasteiger partial charge in [0.25, 0.3) is 5.91 Å². The number of carbonyl (C=O) groups is 2. The van der Waals surface area contributed by atoms with Crippen molar-refractivity contribution in [2.45, 2.75) is 52.4 Å². The molecular formula is C21H29N7O2. The zero-order valence-corrected chi connectivity index (χ0v) is 17.9. The highest BCUT2D eigenvalue weighted by Gasteiger charge is 2.40. The zero-order valence-electron chi connectivity index (χ0n) is 17.9. The average Bonchev–Trinajstić information content (AvgIpc) is 3.29. The number of nitrogens with one attached hydrogen (secondary N) is 2. The number of likely N-dealkylation sites (N-methyl/N-ethyl adjacent to an activating group) is 1. The van der Waals surface area contributed by atoms with Crippen LogP contribution in [0, 0.1) is 0 Å². The lowest BCUT2D eigenvalue weighted by Gasteiger charge is -2.45. The van der Waals surface area contributed by atoms with Crippen molar-refractivity contribution in [1.82, 2.24) is 29.9 Å². The van der Waals surface area contributed by atoms with Gasteiger partial charge in [-0.2, -0.15) is 5.10 Å². The van der Waals surface area contributed by atoms with Crippen molar-refractivity contribution < 1.29 is 9.59 Å². The standard InChI is InChI=1S/C21H29N7O2/c1-5-26-10-14(3)27(11-13(26)2)21(30)28-12-16-18(15(28)4)24-25-19(16)23-20(29)17-8-6-7-9-22-17/h6-9,13-15H,5,10-12H2,1-4H3,(H2,23,24,25,29)/t13?,14-,15?/m0/s1. The Morgan fingerprint density at radius 2 is 1.97 bits per heavy atom. The van der Waals surface area contributed by atoms with Gasteiger partial charge in [0, 0.05) is 36.9 Å². The molecule has 3 atom stereocenters. The summed E-state index contributed by atoms with van der Waals surface area (Å²) in [5.74, 6) is 0.139. The van der Waals surface area contributed by atoms with E-state index in [1.165, 1.54) is 0 Å². The van der Waals surface area contributed by atoms with E-state index in [2.05, 4.69) is 46.2 Å². The van der Waals surface area contributed by atoms with Gasteiger partial charge < -0.3 is 15.1 Å². The fraction of sp³-hybridized carbons (Fsp3) is 0.524. The number of H-pyrrole nitrogens is 1. The van der Waals surface area contributed by atoms with E-state index < -0.39 is 0 Å². The third-order valence-electron chi connectivity index (χ3n) is 6.25. The molecule has 1 fully saturated rings. The summed E-state index contributed by atoms with van der Waals surface area (Å²) >= 11 is 0. The molecule has 30 heavy (non-hydrogen) atoms. The van der Waals surface area contributed by atoms with Crippen molar-refractivity contribution in [3.05, 3.63) is 41.3 Å². The van der Waals surface area contributed by atoms with E-state index in [-0.39, 0.29) is 24.0 Å². The number of aromatic nitrogens is 3. The first kappa shape index (κ1) is 20.3. The number of rotatable bonds is 3. The second-order valence-electron chi connectivity index (χ2n) is 8.16. The second-order valence-corrected chi connectivity index (χ2v) is 8.16. The lowest BCUT2D eigenvalue weighted by molar-refractivity contribution is 0.0480. The number of carbonyl (C=O) groups excluding carboxylic acids is 2. The molecule has 2 aromatic heterocycles. The van der Waals surface area contributed by atoms with Crippen molar-refractivity contribution in [3.63, 3.8) is 0 Å². The van der Waals surface area contributed by atoms with E-state index in [1.54, 1.807) is 24.4 Å². The van der Waals surface area contributed by atoms with Gasteiger partial charge in [-0.05, 0) is 39.4 Å². The van der Waals surface area contributed by atoms with Crippen LogP contribution >= 0.6 is 0 Å². The summed E-state index contributed by atoms with van der Waals surface area (Å²) in [4.78, 5) is 36.2. The predicted octanol–water partition coefficient (Wildman–Crippen LogP) is 2.47. The summed E-state index contributed by atoms with van der Waals surface area (Å²) in [6, 6.07) is 5.56. The van der Waals surface area contributed by atoms with Gasteiger partial charge in [-0.15, -0.1) is 0 Å². The van der Waals surface area contributed by atoms with Crippen LogP contribution in [0.4, 0.5) is 10.6 Å². The molecule has 2 aromatic rings. The molecule has 2 unspecified atom stereocenters. The van der Waals surface area contributed by atoms with E-state index in [9.17, 15) is 9.59 Å². The largest absolute Gasteiger partial charge is 0.321 e. The second kappa shape index (κ2) is 8.06. The smallest absolute Gasteiger partial charge is 0.319 e.